The molecule has 0 bridgehead atoms. The van der Waals surface area contributed by atoms with Crippen molar-refractivity contribution in [1.29, 1.82) is 0 Å². The van der Waals surface area contributed by atoms with Crippen molar-refractivity contribution in [1.82, 2.24) is 0 Å². The average molecular weight is 1050 g/mol. The Kier molecular flexibility index (Phi) is 36.4. The van der Waals surface area contributed by atoms with E-state index in [1.165, 1.54) is 57.8 Å². The van der Waals surface area contributed by atoms with Gasteiger partial charge in [-0.2, -0.15) is 0 Å². The van der Waals surface area contributed by atoms with Crippen LogP contribution in [0.25, 0.3) is 0 Å². The van der Waals surface area contributed by atoms with Gasteiger partial charge in [-0.3, -0.25) is 0 Å². The van der Waals surface area contributed by atoms with Gasteiger partial charge in [0.25, 0.3) is 0 Å². The zero-order valence-electron chi connectivity index (χ0n) is 51.2. The van der Waals surface area contributed by atoms with E-state index in [2.05, 4.69) is 46.4 Å². The Morgan fingerprint density at radius 2 is 0.622 bits per heavy atom. The van der Waals surface area contributed by atoms with Crippen LogP contribution in [0, 0.1) is 11.8 Å². The summed E-state index contributed by atoms with van der Waals surface area (Å²) < 4.78 is 31.5. The van der Waals surface area contributed by atoms with Gasteiger partial charge in [0.1, 0.15) is 33.6 Å². The number of rotatable bonds is 18. The van der Waals surface area contributed by atoms with Crippen LogP contribution >= 0.6 is 0 Å². The fraction of sp³-hybridized carbons (Fsp3) is 0.710. The lowest BCUT2D eigenvalue weighted by Crippen LogP contribution is -2.38. The van der Waals surface area contributed by atoms with E-state index in [1.807, 2.05) is 104 Å². The molecule has 2 fully saturated rings. The monoisotopic (exact) mass is 1040 g/mol. The van der Waals surface area contributed by atoms with Crippen molar-refractivity contribution >= 4 is 35.8 Å². The molecule has 428 valence electrons. The molecule has 0 radical (unpaired) electrons. The molecule has 0 aromatic rings. The van der Waals surface area contributed by atoms with E-state index < -0.39 is 5.60 Å². The molecule has 0 aromatic heterocycles. The van der Waals surface area contributed by atoms with Crippen LogP contribution in [-0.4, -0.2) is 69.4 Å². The molecule has 2 aliphatic rings. The van der Waals surface area contributed by atoms with Crippen LogP contribution < -0.4 is 0 Å². The summed E-state index contributed by atoms with van der Waals surface area (Å²) in [6.07, 6.45) is 15.5. The largest absolute Gasteiger partial charge is 0.457 e. The zero-order valence-corrected chi connectivity index (χ0v) is 51.2. The van der Waals surface area contributed by atoms with E-state index >= 15 is 0 Å². The molecule has 2 aliphatic carbocycles. The molecular weight excluding hydrogens is 937 g/mol. The van der Waals surface area contributed by atoms with Crippen LogP contribution in [0.4, 0.5) is 0 Å². The van der Waals surface area contributed by atoms with Crippen LogP contribution in [0.2, 0.25) is 0 Å². The van der Waals surface area contributed by atoms with E-state index in [0.29, 0.717) is 45.3 Å². The molecule has 0 amide bonds. The molecule has 2 rings (SSSR count). The Labute approximate surface area is 452 Å². The number of carbonyl (C=O) groups excluding carboxylic acids is 6. The van der Waals surface area contributed by atoms with E-state index in [1.54, 1.807) is 41.5 Å². The Morgan fingerprint density at radius 3 is 0.865 bits per heavy atom. The average Bonchev–Trinajstić information content (AvgIpc) is 3.83. The summed E-state index contributed by atoms with van der Waals surface area (Å²) in [4.78, 5) is 67.0. The van der Waals surface area contributed by atoms with Crippen molar-refractivity contribution in [2.45, 2.75) is 276 Å². The Balaban J connectivity index is -0.000000400. The predicted octanol–water partition coefficient (Wildman–Crippen LogP) is 16.1. The minimum atomic E-state index is -0.407. The third-order valence-electron chi connectivity index (χ3n) is 12.4. The highest BCUT2D eigenvalue weighted by Crippen LogP contribution is 2.37. The van der Waals surface area contributed by atoms with E-state index in [9.17, 15) is 28.8 Å². The zero-order chi connectivity index (χ0) is 59.2. The van der Waals surface area contributed by atoms with Crippen molar-refractivity contribution < 1.29 is 57.2 Å². The number of hydrogen-bond donors (Lipinski definition) is 0. The first kappa shape index (κ1) is 75.8. The molecule has 0 saturated heterocycles. The van der Waals surface area contributed by atoms with E-state index in [0.717, 1.165) is 32.1 Å². The molecule has 0 heterocycles. The number of esters is 6. The van der Waals surface area contributed by atoms with Gasteiger partial charge in [-0.05, 0) is 188 Å². The van der Waals surface area contributed by atoms with Gasteiger partial charge in [-0.15, -0.1) is 0 Å². The minimum Gasteiger partial charge on any atom is -0.457 e. The maximum Gasteiger partial charge on any atom is 0.333 e. The van der Waals surface area contributed by atoms with E-state index in [-0.39, 0.29) is 63.8 Å². The summed E-state index contributed by atoms with van der Waals surface area (Å²) in [6, 6.07) is 0. The lowest BCUT2D eigenvalue weighted by Gasteiger charge is -2.36. The summed E-state index contributed by atoms with van der Waals surface area (Å²) in [7, 11) is 0. The Morgan fingerprint density at radius 1 is 0.365 bits per heavy atom. The third kappa shape index (κ3) is 37.1. The van der Waals surface area contributed by atoms with Crippen molar-refractivity contribution in [2.75, 3.05) is 0 Å². The maximum atomic E-state index is 11.5. The SMILES string of the molecule is C=C(C)C(=O)OC(C)(C)C.C=C(C)C(=O)OC(C)(C)C1CCCC1.C=C(C)C(=O)OC(C)(C)C1CCCCC1.C=C(C)C(=O)OC(C)(C)CC.C=C(C)C(=O)OC(C)(C)CCC.C=C(C)C(=O)OC(C)(CC)CC. The molecule has 12 heteroatoms. The van der Waals surface area contributed by atoms with Crippen LogP contribution in [0.1, 0.15) is 242 Å². The van der Waals surface area contributed by atoms with Gasteiger partial charge in [0, 0.05) is 33.4 Å². The third-order valence-corrected chi connectivity index (χ3v) is 12.4. The van der Waals surface area contributed by atoms with Gasteiger partial charge in [0.05, 0.1) is 0 Å². The quantitative estimate of drug-likeness (QED) is 0.0728. The second-order valence-corrected chi connectivity index (χ2v) is 23.4. The Hall–Kier alpha value is -4.74. The molecule has 0 N–H and O–H groups in total. The van der Waals surface area contributed by atoms with Crippen LogP contribution in [0.3, 0.4) is 0 Å². The lowest BCUT2D eigenvalue weighted by molar-refractivity contribution is -0.158. The van der Waals surface area contributed by atoms with Crippen molar-refractivity contribution in [3.8, 4) is 0 Å². The Bertz CT molecular complexity index is 1850. The van der Waals surface area contributed by atoms with Gasteiger partial charge >= 0.3 is 35.8 Å². The lowest BCUT2D eigenvalue weighted by atomic mass is 9.79. The summed E-state index contributed by atoms with van der Waals surface area (Å²) in [5.41, 5.74) is 0.661. The molecule has 2 saturated carbocycles. The first-order chi connectivity index (χ1) is 33.4. The van der Waals surface area contributed by atoms with Gasteiger partial charge in [0.15, 0.2) is 0 Å². The highest BCUT2D eigenvalue weighted by molar-refractivity contribution is 5.89. The van der Waals surface area contributed by atoms with Gasteiger partial charge in [0.2, 0.25) is 0 Å². The summed E-state index contributed by atoms with van der Waals surface area (Å²) in [6.45, 7) is 62.3. The minimum absolute atomic E-state index is 0.259. The number of hydrogen-bond acceptors (Lipinski definition) is 12. The van der Waals surface area contributed by atoms with Gasteiger partial charge < -0.3 is 28.4 Å². The normalized spacial score (nSPS) is 13.9. The van der Waals surface area contributed by atoms with Gasteiger partial charge in [-0.25, -0.2) is 28.8 Å². The van der Waals surface area contributed by atoms with E-state index in [4.69, 9.17) is 28.4 Å². The van der Waals surface area contributed by atoms with Crippen molar-refractivity contribution in [3.63, 3.8) is 0 Å². The predicted molar refractivity (Wildman–Crippen MR) is 304 cm³/mol. The first-order valence-corrected chi connectivity index (χ1v) is 26.7. The molecule has 0 spiro atoms. The standard InChI is InChI=1S/C13H22O2.C12H20O2.2C10H18O2.C9H16O2.C8H14O2/c1-10(2)12(14)15-13(3,4)11-8-6-5-7-9-11;1-9(2)11(13)14-12(3,4)10-7-5-6-8-10;1-6-7-10(4,5)12-9(11)8(2)3;1-6-10(5,7-2)12-9(11)8(3)4;1-6-9(4,5)11-8(10)7(2)3;1-6(2)7(9)10-8(3,4)5/h11H,1,5-9H2,2-4H3;10H,1,5-8H2,2-4H3;2,6-7H2,1,3-5H3;3,6-7H2,1-2,4-5H3;2,6H2,1,3-5H3;1H2,2-5H3. The molecule has 0 aromatic carbocycles. The summed E-state index contributed by atoms with van der Waals surface area (Å²) in [5.74, 6) is -0.716. The highest BCUT2D eigenvalue weighted by atomic mass is 16.6. The second-order valence-electron chi connectivity index (χ2n) is 23.4. The molecule has 0 atom stereocenters. The smallest absolute Gasteiger partial charge is 0.333 e. The molecular formula is C62H108O12. The topological polar surface area (TPSA) is 158 Å². The maximum absolute atomic E-state index is 11.5. The first-order valence-electron chi connectivity index (χ1n) is 26.7. The second kappa shape index (κ2) is 35.5. The molecule has 74 heavy (non-hydrogen) atoms. The fourth-order valence-corrected chi connectivity index (χ4v) is 6.71. The van der Waals surface area contributed by atoms with Crippen molar-refractivity contribution in [3.05, 3.63) is 72.9 Å². The highest BCUT2D eigenvalue weighted by Gasteiger charge is 2.36. The molecule has 12 nitrogen and oxygen atoms in total. The summed E-state index contributed by atoms with van der Waals surface area (Å²) in [5, 5.41) is 0. The van der Waals surface area contributed by atoms with Crippen LogP contribution in [-0.2, 0) is 57.2 Å². The molecule has 0 aliphatic heterocycles. The van der Waals surface area contributed by atoms with Crippen LogP contribution in [0.5, 0.6) is 0 Å². The van der Waals surface area contributed by atoms with Gasteiger partial charge in [-0.1, -0.05) is 106 Å². The molecule has 0 unspecified atom stereocenters. The van der Waals surface area contributed by atoms with Crippen LogP contribution in [0.15, 0.2) is 72.9 Å². The summed E-state index contributed by atoms with van der Waals surface area (Å²) >= 11 is 0. The van der Waals surface area contributed by atoms with Crippen molar-refractivity contribution in [2.24, 2.45) is 11.8 Å². The fourth-order valence-electron chi connectivity index (χ4n) is 6.71. The number of carbonyl (C=O) groups is 6. The number of ether oxygens (including phenoxy) is 6.